The Balaban J connectivity index is 1.99. The number of benzene rings is 2. The normalized spacial score (nSPS) is 10.6. The van der Waals surface area contributed by atoms with Crippen LogP contribution in [0.3, 0.4) is 0 Å². The molecule has 21 heavy (non-hydrogen) atoms. The summed E-state index contributed by atoms with van der Waals surface area (Å²) in [4.78, 5) is 11.9. The second-order valence-corrected chi connectivity index (χ2v) is 5.29. The number of amides is 1. The number of nitrogens with zero attached hydrogens (tertiary/aromatic N) is 1. The first kappa shape index (κ1) is 15.3. The molecule has 2 aromatic rings. The van der Waals surface area contributed by atoms with E-state index in [-0.39, 0.29) is 5.91 Å². The van der Waals surface area contributed by atoms with Crippen LogP contribution in [0.1, 0.15) is 21.5 Å². The summed E-state index contributed by atoms with van der Waals surface area (Å²) in [6.45, 7) is 2.01. The third kappa shape index (κ3) is 4.16. The van der Waals surface area contributed by atoms with E-state index >= 15 is 0 Å². The van der Waals surface area contributed by atoms with Crippen LogP contribution in [0.15, 0.2) is 52.0 Å². The standard InChI is InChI=1S/C16H15BrN2O2/c1-11-3-4-12(9-15(11)17)10-18-19-16(20)13-5-7-14(21-2)8-6-13/h3-10H,1-2H3,(H,19,20)/b18-10-. The summed E-state index contributed by atoms with van der Waals surface area (Å²) in [6.07, 6.45) is 1.60. The monoisotopic (exact) mass is 346 g/mol. The van der Waals surface area contributed by atoms with Gasteiger partial charge in [-0.05, 0) is 48.4 Å². The van der Waals surface area contributed by atoms with Crippen molar-refractivity contribution >= 4 is 28.1 Å². The zero-order valence-corrected chi connectivity index (χ0v) is 13.3. The largest absolute Gasteiger partial charge is 0.497 e. The number of hydrogen-bond acceptors (Lipinski definition) is 3. The highest BCUT2D eigenvalue weighted by Gasteiger charge is 2.03. The molecule has 1 amide bonds. The molecule has 2 rings (SSSR count). The average Bonchev–Trinajstić information content (AvgIpc) is 2.51. The molecule has 0 saturated heterocycles. The summed E-state index contributed by atoms with van der Waals surface area (Å²) in [5.74, 6) is 0.444. The lowest BCUT2D eigenvalue weighted by Gasteiger charge is -2.02. The minimum Gasteiger partial charge on any atom is -0.497 e. The summed E-state index contributed by atoms with van der Waals surface area (Å²) < 4.78 is 6.05. The van der Waals surface area contributed by atoms with Crippen molar-refractivity contribution in [1.82, 2.24) is 5.43 Å². The molecule has 0 radical (unpaired) electrons. The van der Waals surface area contributed by atoms with Crippen molar-refractivity contribution in [1.29, 1.82) is 0 Å². The van der Waals surface area contributed by atoms with Gasteiger partial charge in [0.15, 0.2) is 0 Å². The van der Waals surface area contributed by atoms with Crippen LogP contribution in [0.5, 0.6) is 5.75 Å². The number of carbonyl (C=O) groups excluding carboxylic acids is 1. The van der Waals surface area contributed by atoms with Crippen LogP contribution in [0.25, 0.3) is 0 Å². The predicted molar refractivity (Wildman–Crippen MR) is 86.9 cm³/mol. The van der Waals surface area contributed by atoms with Gasteiger partial charge in [-0.2, -0.15) is 5.10 Å². The molecule has 0 bridgehead atoms. The van der Waals surface area contributed by atoms with Crippen LogP contribution < -0.4 is 10.2 Å². The molecule has 5 heteroatoms. The molecule has 4 nitrogen and oxygen atoms in total. The quantitative estimate of drug-likeness (QED) is 0.680. The fourth-order valence-corrected chi connectivity index (χ4v) is 2.06. The predicted octanol–water partition coefficient (Wildman–Crippen LogP) is 3.53. The number of methoxy groups -OCH3 is 1. The van der Waals surface area contributed by atoms with Crippen LogP contribution in [0, 0.1) is 6.92 Å². The van der Waals surface area contributed by atoms with Crippen LogP contribution in [0.2, 0.25) is 0 Å². The van der Waals surface area contributed by atoms with E-state index in [1.807, 2.05) is 25.1 Å². The number of ether oxygens (including phenoxy) is 1. The van der Waals surface area contributed by atoms with Gasteiger partial charge in [-0.3, -0.25) is 4.79 Å². The molecule has 1 N–H and O–H groups in total. The summed E-state index contributed by atoms with van der Waals surface area (Å²) in [5, 5.41) is 3.95. The zero-order chi connectivity index (χ0) is 15.2. The van der Waals surface area contributed by atoms with E-state index in [9.17, 15) is 4.79 Å². The Bertz CT molecular complexity index is 666. The Morgan fingerprint density at radius 3 is 2.57 bits per heavy atom. The van der Waals surface area contributed by atoms with Gasteiger partial charge in [0.25, 0.3) is 5.91 Å². The van der Waals surface area contributed by atoms with E-state index in [0.717, 1.165) is 15.6 Å². The molecule has 2 aromatic carbocycles. The van der Waals surface area contributed by atoms with Gasteiger partial charge in [0.05, 0.1) is 13.3 Å². The molecule has 0 heterocycles. The Hall–Kier alpha value is -2.14. The summed E-state index contributed by atoms with van der Waals surface area (Å²) in [7, 11) is 1.58. The summed E-state index contributed by atoms with van der Waals surface area (Å²) in [6, 6.07) is 12.7. The third-order valence-electron chi connectivity index (χ3n) is 2.93. The molecule has 0 unspecified atom stereocenters. The second kappa shape index (κ2) is 7.04. The maximum absolute atomic E-state index is 11.9. The Kier molecular flexibility index (Phi) is 5.11. The molecule has 0 aromatic heterocycles. The number of hydrogen-bond donors (Lipinski definition) is 1. The number of rotatable bonds is 4. The Labute approximate surface area is 132 Å². The second-order valence-electron chi connectivity index (χ2n) is 4.44. The molecule has 108 valence electrons. The van der Waals surface area contributed by atoms with E-state index in [1.165, 1.54) is 0 Å². The average molecular weight is 347 g/mol. The number of halogens is 1. The van der Waals surface area contributed by atoms with E-state index in [1.54, 1.807) is 37.6 Å². The molecule has 0 saturated carbocycles. The molecule has 0 fully saturated rings. The SMILES string of the molecule is COc1ccc(C(=O)N/N=C\c2ccc(C)c(Br)c2)cc1. The lowest BCUT2D eigenvalue weighted by Crippen LogP contribution is -2.17. The van der Waals surface area contributed by atoms with Gasteiger partial charge < -0.3 is 4.74 Å². The van der Waals surface area contributed by atoms with Crippen LogP contribution >= 0.6 is 15.9 Å². The lowest BCUT2D eigenvalue weighted by atomic mass is 10.2. The maximum atomic E-state index is 11.9. The molecule has 0 aliphatic carbocycles. The van der Waals surface area contributed by atoms with Crippen LogP contribution in [0.4, 0.5) is 0 Å². The molecule has 0 aliphatic heterocycles. The van der Waals surface area contributed by atoms with Gasteiger partial charge in [0, 0.05) is 10.0 Å². The number of hydrazone groups is 1. The molecule has 0 spiro atoms. The smallest absolute Gasteiger partial charge is 0.271 e. The first-order chi connectivity index (χ1) is 10.1. The fourth-order valence-electron chi connectivity index (χ4n) is 1.66. The van der Waals surface area contributed by atoms with Gasteiger partial charge in [0.1, 0.15) is 5.75 Å². The highest BCUT2D eigenvalue weighted by atomic mass is 79.9. The van der Waals surface area contributed by atoms with Crippen LogP contribution in [-0.2, 0) is 0 Å². The third-order valence-corrected chi connectivity index (χ3v) is 3.78. The van der Waals surface area contributed by atoms with Crippen molar-refractivity contribution in [3.05, 3.63) is 63.6 Å². The summed E-state index contributed by atoms with van der Waals surface area (Å²) in [5.41, 5.74) is 5.07. The maximum Gasteiger partial charge on any atom is 0.271 e. The van der Waals surface area contributed by atoms with Crippen molar-refractivity contribution in [2.24, 2.45) is 5.10 Å². The van der Waals surface area contributed by atoms with E-state index in [2.05, 4.69) is 26.5 Å². The molecule has 0 atom stereocenters. The van der Waals surface area contributed by atoms with Gasteiger partial charge in [-0.25, -0.2) is 5.43 Å². The first-order valence-electron chi connectivity index (χ1n) is 6.34. The lowest BCUT2D eigenvalue weighted by molar-refractivity contribution is 0.0955. The number of aryl methyl sites for hydroxylation is 1. The van der Waals surface area contributed by atoms with Crippen molar-refractivity contribution in [3.8, 4) is 5.75 Å². The minimum absolute atomic E-state index is 0.264. The number of nitrogens with one attached hydrogen (secondary N) is 1. The van der Waals surface area contributed by atoms with E-state index in [4.69, 9.17) is 4.74 Å². The van der Waals surface area contributed by atoms with E-state index < -0.39 is 0 Å². The van der Waals surface area contributed by atoms with Crippen LogP contribution in [-0.4, -0.2) is 19.2 Å². The van der Waals surface area contributed by atoms with Gasteiger partial charge in [-0.1, -0.05) is 28.1 Å². The van der Waals surface area contributed by atoms with Crippen molar-refractivity contribution < 1.29 is 9.53 Å². The van der Waals surface area contributed by atoms with Crippen molar-refractivity contribution in [2.75, 3.05) is 7.11 Å². The fraction of sp³-hybridized carbons (Fsp3) is 0.125. The molecule has 0 aliphatic rings. The van der Waals surface area contributed by atoms with Gasteiger partial charge in [-0.15, -0.1) is 0 Å². The first-order valence-corrected chi connectivity index (χ1v) is 7.13. The van der Waals surface area contributed by atoms with Gasteiger partial charge >= 0.3 is 0 Å². The topological polar surface area (TPSA) is 50.7 Å². The molecular weight excluding hydrogens is 332 g/mol. The Morgan fingerprint density at radius 1 is 1.24 bits per heavy atom. The van der Waals surface area contributed by atoms with Crippen molar-refractivity contribution in [2.45, 2.75) is 6.92 Å². The minimum atomic E-state index is -0.264. The Morgan fingerprint density at radius 2 is 1.95 bits per heavy atom. The number of carbonyl (C=O) groups is 1. The summed E-state index contributed by atoms with van der Waals surface area (Å²) >= 11 is 3.46. The zero-order valence-electron chi connectivity index (χ0n) is 11.8. The highest BCUT2D eigenvalue weighted by molar-refractivity contribution is 9.10. The highest BCUT2D eigenvalue weighted by Crippen LogP contribution is 2.16. The van der Waals surface area contributed by atoms with Gasteiger partial charge in [0.2, 0.25) is 0 Å². The van der Waals surface area contributed by atoms with Crippen molar-refractivity contribution in [3.63, 3.8) is 0 Å². The van der Waals surface area contributed by atoms with E-state index in [0.29, 0.717) is 11.3 Å². The molecular formula is C16H15BrN2O2.